The molecule has 2 N–H and O–H groups in total. The number of piperidine rings is 1. The van der Waals surface area contributed by atoms with Crippen LogP contribution in [0.3, 0.4) is 0 Å². The third kappa shape index (κ3) is 6.15. The number of carboxylic acid groups (broad SMARTS) is 2. The molecule has 158 valence electrons. The first-order valence-corrected chi connectivity index (χ1v) is 11.1. The van der Waals surface area contributed by atoms with Crippen molar-refractivity contribution in [3.63, 3.8) is 0 Å². The van der Waals surface area contributed by atoms with Crippen LogP contribution < -0.4 is 0 Å². The summed E-state index contributed by atoms with van der Waals surface area (Å²) < 4.78 is 1.47. The molecule has 1 aliphatic heterocycles. The summed E-state index contributed by atoms with van der Waals surface area (Å²) in [5.41, 5.74) is 0.363. The SMILES string of the molecule is C=CC(=O)O.O=CO.c1ccc2sc(C3(N4CCCCC4)CCCCC3)cc2c1. The van der Waals surface area contributed by atoms with E-state index < -0.39 is 5.97 Å². The van der Waals surface area contributed by atoms with Crippen LogP contribution in [0.1, 0.15) is 56.2 Å². The van der Waals surface area contributed by atoms with Crippen molar-refractivity contribution in [1.82, 2.24) is 4.90 Å². The van der Waals surface area contributed by atoms with Gasteiger partial charge in [0.05, 0.1) is 5.54 Å². The summed E-state index contributed by atoms with van der Waals surface area (Å²) in [7, 11) is 0. The molecule has 2 fully saturated rings. The van der Waals surface area contributed by atoms with Crippen molar-refractivity contribution < 1.29 is 19.8 Å². The zero-order valence-corrected chi connectivity index (χ0v) is 17.7. The standard InChI is InChI=1S/C19H25NS.C3H4O2.CH2O2/c1-5-11-19(12-6-1,20-13-7-2-8-14-20)18-15-16-9-3-4-10-17(16)21-18;1-2-3(4)5;2-1-3/h3-4,9-10,15H,1-2,5-8,11-14H2;2H,1H2,(H,4,5);1H,(H,2,3). The minimum absolute atomic E-state index is 0.250. The van der Waals surface area contributed by atoms with Crippen LogP contribution in [0.4, 0.5) is 0 Å². The molecular weight excluding hydrogens is 386 g/mol. The molecule has 4 rings (SSSR count). The first-order valence-electron chi connectivity index (χ1n) is 10.2. The van der Waals surface area contributed by atoms with Crippen molar-refractivity contribution in [2.75, 3.05) is 13.1 Å². The second-order valence-corrected chi connectivity index (χ2v) is 8.52. The van der Waals surface area contributed by atoms with Gasteiger partial charge in [-0.25, -0.2) is 4.79 Å². The highest BCUT2D eigenvalue weighted by atomic mass is 32.1. The lowest BCUT2D eigenvalue weighted by atomic mass is 9.78. The molecule has 5 nitrogen and oxygen atoms in total. The van der Waals surface area contributed by atoms with Crippen molar-refractivity contribution in [2.24, 2.45) is 0 Å². The largest absolute Gasteiger partial charge is 0.483 e. The lowest BCUT2D eigenvalue weighted by Crippen LogP contribution is -2.49. The third-order valence-corrected chi connectivity index (χ3v) is 7.01. The molecule has 2 heterocycles. The summed E-state index contributed by atoms with van der Waals surface area (Å²) in [5.74, 6) is -0.981. The van der Waals surface area contributed by atoms with E-state index in [1.807, 2.05) is 0 Å². The Hall–Kier alpha value is -2.18. The summed E-state index contributed by atoms with van der Waals surface area (Å²) in [6.45, 7) is 5.34. The van der Waals surface area contributed by atoms with Crippen molar-refractivity contribution in [2.45, 2.75) is 56.9 Å². The van der Waals surface area contributed by atoms with Gasteiger partial charge in [-0.3, -0.25) is 9.69 Å². The van der Waals surface area contributed by atoms with Crippen molar-refractivity contribution in [3.05, 3.63) is 47.9 Å². The van der Waals surface area contributed by atoms with E-state index in [0.717, 1.165) is 6.08 Å². The molecule has 2 aromatic rings. The highest BCUT2D eigenvalue weighted by Crippen LogP contribution is 2.47. The second kappa shape index (κ2) is 11.7. The Balaban J connectivity index is 0.000000324. The summed E-state index contributed by atoms with van der Waals surface area (Å²) in [4.78, 5) is 22.1. The van der Waals surface area contributed by atoms with Gasteiger partial charge in [-0.1, -0.05) is 50.5 Å². The average molecular weight is 418 g/mol. The molecular formula is C23H31NO4S. The molecule has 1 saturated carbocycles. The highest BCUT2D eigenvalue weighted by molar-refractivity contribution is 7.19. The zero-order valence-electron chi connectivity index (χ0n) is 16.9. The molecule has 0 amide bonds. The molecule has 0 atom stereocenters. The van der Waals surface area contributed by atoms with E-state index in [-0.39, 0.29) is 6.47 Å². The van der Waals surface area contributed by atoms with Crippen molar-refractivity contribution >= 4 is 33.9 Å². The fraction of sp³-hybridized carbons (Fsp3) is 0.478. The van der Waals surface area contributed by atoms with Crippen molar-refractivity contribution in [3.8, 4) is 0 Å². The number of fused-ring (bicyclic) bond motifs is 1. The number of aliphatic carboxylic acids is 1. The average Bonchev–Trinajstić information content (AvgIpc) is 3.21. The second-order valence-electron chi connectivity index (χ2n) is 7.44. The fourth-order valence-corrected chi connectivity index (χ4v) is 5.73. The number of rotatable bonds is 3. The maximum atomic E-state index is 9.25. The Morgan fingerprint density at radius 2 is 1.62 bits per heavy atom. The minimum atomic E-state index is -0.981. The van der Waals surface area contributed by atoms with Crippen LogP contribution >= 0.6 is 11.3 Å². The monoisotopic (exact) mass is 417 g/mol. The molecule has 0 radical (unpaired) electrons. The van der Waals surface area contributed by atoms with Crippen LogP contribution in [0.2, 0.25) is 0 Å². The van der Waals surface area contributed by atoms with Gasteiger partial charge in [0.15, 0.2) is 0 Å². The summed E-state index contributed by atoms with van der Waals surface area (Å²) in [6, 6.07) is 11.4. The van der Waals surface area contributed by atoms with Gasteiger partial charge >= 0.3 is 5.97 Å². The molecule has 29 heavy (non-hydrogen) atoms. The molecule has 1 aliphatic carbocycles. The highest BCUT2D eigenvalue weighted by Gasteiger charge is 2.41. The first-order chi connectivity index (χ1) is 14.1. The van der Waals surface area contributed by atoms with Gasteiger partial charge in [0.2, 0.25) is 0 Å². The molecule has 1 aromatic heterocycles. The number of nitrogens with zero attached hydrogens (tertiary/aromatic N) is 1. The fourth-order valence-electron chi connectivity index (χ4n) is 4.39. The van der Waals surface area contributed by atoms with E-state index in [1.54, 1.807) is 4.88 Å². The van der Waals surface area contributed by atoms with E-state index >= 15 is 0 Å². The van der Waals surface area contributed by atoms with Gasteiger partial charge in [0.25, 0.3) is 6.47 Å². The zero-order chi connectivity index (χ0) is 21.1. The predicted molar refractivity (Wildman–Crippen MR) is 119 cm³/mol. The van der Waals surface area contributed by atoms with Crippen LogP contribution in [-0.4, -0.2) is 40.6 Å². The molecule has 2 aliphatic rings. The van der Waals surface area contributed by atoms with Gasteiger partial charge < -0.3 is 10.2 Å². The number of hydrogen-bond donors (Lipinski definition) is 2. The first kappa shape index (κ1) is 23.1. The van der Waals surface area contributed by atoms with Crippen molar-refractivity contribution in [1.29, 1.82) is 0 Å². The Bertz CT molecular complexity index is 756. The number of carbonyl (C=O) groups is 2. The maximum absolute atomic E-state index is 9.25. The van der Waals surface area contributed by atoms with E-state index in [4.69, 9.17) is 15.0 Å². The van der Waals surface area contributed by atoms with E-state index in [9.17, 15) is 4.79 Å². The summed E-state index contributed by atoms with van der Waals surface area (Å²) >= 11 is 2.05. The van der Waals surface area contributed by atoms with Crippen LogP contribution in [0.15, 0.2) is 43.0 Å². The predicted octanol–water partition coefficient (Wildman–Crippen LogP) is 5.50. The van der Waals surface area contributed by atoms with E-state index in [2.05, 4.69) is 53.1 Å². The minimum Gasteiger partial charge on any atom is -0.483 e. The lowest BCUT2D eigenvalue weighted by molar-refractivity contribution is -0.131. The molecule has 0 spiro atoms. The van der Waals surface area contributed by atoms with Crippen LogP contribution in [-0.2, 0) is 15.1 Å². The maximum Gasteiger partial charge on any atom is 0.327 e. The quantitative estimate of drug-likeness (QED) is 0.509. The molecule has 1 aromatic carbocycles. The van der Waals surface area contributed by atoms with Crippen LogP contribution in [0.5, 0.6) is 0 Å². The molecule has 6 heteroatoms. The van der Waals surface area contributed by atoms with Gasteiger partial charge in [0, 0.05) is 15.7 Å². The molecule has 1 saturated heterocycles. The topological polar surface area (TPSA) is 77.8 Å². The smallest absolute Gasteiger partial charge is 0.327 e. The van der Waals surface area contributed by atoms with Crippen LogP contribution in [0, 0.1) is 0 Å². The van der Waals surface area contributed by atoms with Gasteiger partial charge in [0.1, 0.15) is 0 Å². The summed E-state index contributed by atoms with van der Waals surface area (Å²) in [5, 5.41) is 15.9. The Kier molecular flexibility index (Phi) is 9.35. The Labute approximate surface area is 176 Å². The van der Waals surface area contributed by atoms with E-state index in [0.29, 0.717) is 5.54 Å². The number of likely N-dealkylation sites (tertiary alicyclic amines) is 1. The number of thiophene rings is 1. The van der Waals surface area contributed by atoms with Gasteiger partial charge in [-0.05, 0) is 56.3 Å². The Morgan fingerprint density at radius 3 is 2.17 bits per heavy atom. The molecule has 0 bridgehead atoms. The van der Waals surface area contributed by atoms with Gasteiger partial charge in [-0.15, -0.1) is 11.3 Å². The van der Waals surface area contributed by atoms with Crippen LogP contribution in [0.25, 0.3) is 10.1 Å². The van der Waals surface area contributed by atoms with E-state index in [1.165, 1.54) is 74.5 Å². The summed E-state index contributed by atoms with van der Waals surface area (Å²) in [6.07, 6.45) is 12.0. The number of carboxylic acids is 1. The normalized spacial score (nSPS) is 18.5. The number of hydrogen-bond acceptors (Lipinski definition) is 4. The lowest BCUT2D eigenvalue weighted by Gasteiger charge is -2.48. The molecule has 0 unspecified atom stereocenters. The Morgan fingerprint density at radius 1 is 1.07 bits per heavy atom. The van der Waals surface area contributed by atoms with Gasteiger partial charge in [-0.2, -0.15) is 0 Å². The third-order valence-electron chi connectivity index (χ3n) is 5.70. The number of benzene rings is 1.